The Labute approximate surface area is 179 Å². The molecule has 0 radical (unpaired) electrons. The molecule has 1 heterocycles. The lowest BCUT2D eigenvalue weighted by atomic mass is 9.99. The van der Waals surface area contributed by atoms with Crippen LogP contribution in [0.2, 0.25) is 0 Å². The fourth-order valence-electron chi connectivity index (χ4n) is 3.56. The molecule has 162 valence electrons. The minimum atomic E-state index is -0.930. The number of aryl methyl sites for hydroxylation is 1. The summed E-state index contributed by atoms with van der Waals surface area (Å²) in [4.78, 5) is 25.3. The maximum atomic E-state index is 12.3. The van der Waals surface area contributed by atoms with Gasteiger partial charge in [0.15, 0.2) is 0 Å². The van der Waals surface area contributed by atoms with E-state index in [0.717, 1.165) is 37.7 Å². The fraction of sp³-hybridized carbons (Fsp3) is 0.520. The SMILES string of the molecule is CCCC#CC[C@H](C)[C@H](O)/C=C/[C@H]1CCC(=O)N1CCCc1cccc(C(=O)O)c1. The predicted molar refractivity (Wildman–Crippen MR) is 118 cm³/mol. The molecule has 0 unspecified atom stereocenters. The van der Waals surface area contributed by atoms with Crippen LogP contribution in [-0.2, 0) is 11.2 Å². The molecule has 2 N–H and O–H groups in total. The summed E-state index contributed by atoms with van der Waals surface area (Å²) in [7, 11) is 0. The molecule has 30 heavy (non-hydrogen) atoms. The summed E-state index contributed by atoms with van der Waals surface area (Å²) in [5.41, 5.74) is 1.25. The van der Waals surface area contributed by atoms with Crippen molar-refractivity contribution in [2.45, 2.75) is 70.9 Å². The molecule has 1 saturated heterocycles. The van der Waals surface area contributed by atoms with Gasteiger partial charge in [-0.05, 0) is 49.3 Å². The van der Waals surface area contributed by atoms with Crippen molar-refractivity contribution in [3.8, 4) is 11.8 Å². The van der Waals surface area contributed by atoms with Crippen LogP contribution in [0.15, 0.2) is 36.4 Å². The number of aliphatic hydroxyl groups excluding tert-OH is 1. The van der Waals surface area contributed by atoms with Gasteiger partial charge in [-0.25, -0.2) is 4.79 Å². The van der Waals surface area contributed by atoms with Crippen LogP contribution in [0, 0.1) is 17.8 Å². The van der Waals surface area contributed by atoms with Crippen molar-refractivity contribution in [3.05, 3.63) is 47.5 Å². The molecule has 1 amide bonds. The van der Waals surface area contributed by atoms with Gasteiger partial charge in [0, 0.05) is 25.8 Å². The Bertz CT molecular complexity index is 805. The average molecular weight is 412 g/mol. The van der Waals surface area contributed by atoms with Gasteiger partial charge in [0.2, 0.25) is 5.91 Å². The van der Waals surface area contributed by atoms with Crippen LogP contribution in [0.4, 0.5) is 0 Å². The first-order chi connectivity index (χ1) is 14.4. The normalized spacial score (nSPS) is 18.3. The van der Waals surface area contributed by atoms with Crippen molar-refractivity contribution in [1.82, 2.24) is 4.90 Å². The van der Waals surface area contributed by atoms with Crippen LogP contribution >= 0.6 is 0 Å². The number of nitrogens with zero attached hydrogens (tertiary/aromatic N) is 1. The Morgan fingerprint density at radius 2 is 2.17 bits per heavy atom. The number of rotatable bonds is 10. The van der Waals surface area contributed by atoms with Crippen molar-refractivity contribution in [2.24, 2.45) is 5.92 Å². The Hall–Kier alpha value is -2.58. The lowest BCUT2D eigenvalue weighted by molar-refractivity contribution is -0.128. The van der Waals surface area contributed by atoms with Gasteiger partial charge < -0.3 is 15.1 Å². The molecule has 3 atom stereocenters. The van der Waals surface area contributed by atoms with E-state index in [0.29, 0.717) is 19.4 Å². The van der Waals surface area contributed by atoms with E-state index in [1.807, 2.05) is 24.0 Å². The lowest BCUT2D eigenvalue weighted by Crippen LogP contribution is -2.33. The first-order valence-corrected chi connectivity index (χ1v) is 10.9. The quantitative estimate of drug-likeness (QED) is 0.450. The molecule has 0 bridgehead atoms. The maximum absolute atomic E-state index is 12.3. The Morgan fingerprint density at radius 3 is 2.90 bits per heavy atom. The van der Waals surface area contributed by atoms with E-state index in [1.54, 1.807) is 24.3 Å². The first-order valence-electron chi connectivity index (χ1n) is 10.9. The number of hydrogen-bond donors (Lipinski definition) is 2. The molecular formula is C25H33NO4. The third kappa shape index (κ3) is 7.35. The van der Waals surface area contributed by atoms with E-state index in [9.17, 15) is 14.7 Å². The van der Waals surface area contributed by atoms with E-state index in [2.05, 4.69) is 18.8 Å². The number of carboxylic acid groups (broad SMARTS) is 1. The van der Waals surface area contributed by atoms with Gasteiger partial charge in [0.05, 0.1) is 17.7 Å². The molecule has 1 aliphatic heterocycles. The van der Waals surface area contributed by atoms with Crippen LogP contribution in [0.1, 0.15) is 68.3 Å². The molecule has 1 fully saturated rings. The molecule has 0 aromatic heterocycles. The summed E-state index contributed by atoms with van der Waals surface area (Å²) >= 11 is 0. The minimum absolute atomic E-state index is 0.0101. The number of aliphatic hydroxyl groups is 1. The number of aromatic carboxylic acids is 1. The van der Waals surface area contributed by atoms with Crippen molar-refractivity contribution in [1.29, 1.82) is 0 Å². The number of hydrogen-bond acceptors (Lipinski definition) is 3. The minimum Gasteiger partial charge on any atom is -0.478 e. The molecule has 0 saturated carbocycles. The number of carbonyl (C=O) groups is 2. The molecule has 5 heteroatoms. The summed E-state index contributed by atoms with van der Waals surface area (Å²) < 4.78 is 0. The van der Waals surface area contributed by atoms with Gasteiger partial charge in [0.25, 0.3) is 0 Å². The highest BCUT2D eigenvalue weighted by molar-refractivity contribution is 5.87. The summed E-state index contributed by atoms with van der Waals surface area (Å²) in [5.74, 6) is 5.49. The van der Waals surface area contributed by atoms with Gasteiger partial charge in [-0.15, -0.1) is 11.8 Å². The molecule has 0 spiro atoms. The van der Waals surface area contributed by atoms with Crippen molar-refractivity contribution in [2.75, 3.05) is 6.54 Å². The van der Waals surface area contributed by atoms with E-state index in [1.165, 1.54) is 0 Å². The van der Waals surface area contributed by atoms with E-state index < -0.39 is 12.1 Å². The zero-order valence-electron chi connectivity index (χ0n) is 18.0. The largest absolute Gasteiger partial charge is 0.478 e. The smallest absolute Gasteiger partial charge is 0.335 e. The maximum Gasteiger partial charge on any atom is 0.335 e. The first kappa shape index (κ1) is 23.7. The fourth-order valence-corrected chi connectivity index (χ4v) is 3.56. The third-order valence-electron chi connectivity index (χ3n) is 5.45. The van der Waals surface area contributed by atoms with Gasteiger partial charge in [-0.2, -0.15) is 0 Å². The molecule has 1 aromatic rings. The van der Waals surface area contributed by atoms with Crippen molar-refractivity contribution >= 4 is 11.9 Å². The van der Waals surface area contributed by atoms with E-state index in [4.69, 9.17) is 5.11 Å². The lowest BCUT2D eigenvalue weighted by Gasteiger charge is -2.23. The molecule has 0 aliphatic carbocycles. The Kier molecular flexibility index (Phi) is 9.63. The third-order valence-corrected chi connectivity index (χ3v) is 5.45. The molecule has 1 aromatic carbocycles. The van der Waals surface area contributed by atoms with Crippen LogP contribution in [0.25, 0.3) is 0 Å². The summed E-state index contributed by atoms with van der Waals surface area (Å²) in [6.07, 6.45) is 8.56. The zero-order chi connectivity index (χ0) is 21.9. The predicted octanol–water partition coefficient (Wildman–Crippen LogP) is 4.06. The standard InChI is InChI=1S/C25H33NO4/c1-3-4-5-6-9-19(2)23(27)15-13-22-14-16-24(28)26(22)17-8-11-20-10-7-12-21(18-20)25(29)30/h7,10,12-13,15,18-19,22-23,27H,3-4,8-9,11,14,16-17H2,1-2H3,(H,29,30)/b15-13+/t19-,22-,23+/m0/s1. The summed E-state index contributed by atoms with van der Waals surface area (Å²) in [6, 6.07) is 6.94. The second-order valence-corrected chi connectivity index (χ2v) is 7.96. The van der Waals surface area contributed by atoms with Crippen LogP contribution in [0.5, 0.6) is 0 Å². The van der Waals surface area contributed by atoms with Crippen molar-refractivity contribution in [3.63, 3.8) is 0 Å². The number of likely N-dealkylation sites (tertiary alicyclic amines) is 1. The summed E-state index contributed by atoms with van der Waals surface area (Å²) in [5, 5.41) is 19.5. The molecule has 5 nitrogen and oxygen atoms in total. The molecule has 1 aliphatic rings. The van der Waals surface area contributed by atoms with Crippen LogP contribution < -0.4 is 0 Å². The monoisotopic (exact) mass is 411 g/mol. The molecule has 2 rings (SSSR count). The van der Waals surface area contributed by atoms with E-state index in [-0.39, 0.29) is 23.4 Å². The Balaban J connectivity index is 1.86. The second-order valence-electron chi connectivity index (χ2n) is 7.96. The van der Waals surface area contributed by atoms with Crippen LogP contribution in [0.3, 0.4) is 0 Å². The van der Waals surface area contributed by atoms with Gasteiger partial charge in [0.1, 0.15) is 0 Å². The number of carboxylic acids is 1. The average Bonchev–Trinajstić information content (AvgIpc) is 3.09. The van der Waals surface area contributed by atoms with Gasteiger partial charge >= 0.3 is 5.97 Å². The number of unbranched alkanes of at least 4 members (excludes halogenated alkanes) is 1. The molecular weight excluding hydrogens is 378 g/mol. The highest BCUT2D eigenvalue weighted by Gasteiger charge is 2.28. The Morgan fingerprint density at radius 1 is 1.37 bits per heavy atom. The highest BCUT2D eigenvalue weighted by Crippen LogP contribution is 2.22. The van der Waals surface area contributed by atoms with Gasteiger partial charge in [-0.3, -0.25) is 4.79 Å². The zero-order valence-corrected chi connectivity index (χ0v) is 18.0. The number of amides is 1. The number of carbonyl (C=O) groups excluding carboxylic acids is 1. The van der Waals surface area contributed by atoms with E-state index >= 15 is 0 Å². The topological polar surface area (TPSA) is 77.8 Å². The van der Waals surface area contributed by atoms with Gasteiger partial charge in [-0.1, -0.05) is 38.1 Å². The second kappa shape index (κ2) is 12.2. The summed E-state index contributed by atoms with van der Waals surface area (Å²) in [6.45, 7) is 4.70. The highest BCUT2D eigenvalue weighted by atomic mass is 16.4. The van der Waals surface area contributed by atoms with Crippen molar-refractivity contribution < 1.29 is 19.8 Å². The van der Waals surface area contributed by atoms with Crippen LogP contribution in [-0.4, -0.2) is 45.7 Å². The number of benzene rings is 1.